The summed E-state index contributed by atoms with van der Waals surface area (Å²) < 4.78 is 0. The van der Waals surface area contributed by atoms with Gasteiger partial charge in [0.2, 0.25) is 5.91 Å². The van der Waals surface area contributed by atoms with Crippen molar-refractivity contribution in [2.45, 2.75) is 26.8 Å². The quantitative estimate of drug-likeness (QED) is 0.579. The predicted octanol–water partition coefficient (Wildman–Crippen LogP) is 5.16. The van der Waals surface area contributed by atoms with E-state index in [1.807, 2.05) is 24.1 Å². The van der Waals surface area contributed by atoms with E-state index in [0.717, 1.165) is 47.2 Å². The molecule has 0 radical (unpaired) electrons. The number of amides is 1. The lowest BCUT2D eigenvalue weighted by Gasteiger charge is -2.26. The molecule has 3 aromatic rings. The van der Waals surface area contributed by atoms with E-state index in [2.05, 4.69) is 64.6 Å². The van der Waals surface area contributed by atoms with Crippen molar-refractivity contribution in [3.63, 3.8) is 0 Å². The van der Waals surface area contributed by atoms with Gasteiger partial charge in [-0.05, 0) is 31.0 Å². The van der Waals surface area contributed by atoms with Crippen molar-refractivity contribution < 1.29 is 4.79 Å². The molecule has 2 heterocycles. The van der Waals surface area contributed by atoms with Crippen molar-refractivity contribution in [1.29, 1.82) is 0 Å². The minimum Gasteiger partial charge on any atom is -0.325 e. The second-order valence-electron chi connectivity index (χ2n) is 7.77. The molecule has 1 fully saturated rings. The van der Waals surface area contributed by atoms with E-state index in [1.54, 1.807) is 11.3 Å². The smallest absolute Gasteiger partial charge is 0.230 e. The summed E-state index contributed by atoms with van der Waals surface area (Å²) in [5, 5.41) is 6.03. The predicted molar refractivity (Wildman–Crippen MR) is 128 cm³/mol. The van der Waals surface area contributed by atoms with Gasteiger partial charge in [-0.1, -0.05) is 42.0 Å². The molecular weight excluding hydrogens is 410 g/mol. The second kappa shape index (κ2) is 9.77. The van der Waals surface area contributed by atoms with Crippen molar-refractivity contribution in [3.8, 4) is 10.6 Å². The number of thioether (sulfide) groups is 1. The molecule has 1 amide bonds. The van der Waals surface area contributed by atoms with Crippen LogP contribution in [0.5, 0.6) is 0 Å². The van der Waals surface area contributed by atoms with Crippen LogP contribution in [0.2, 0.25) is 0 Å². The average molecular weight is 438 g/mol. The molecule has 0 aliphatic carbocycles. The molecule has 1 N–H and O–H groups in total. The number of thiazole rings is 1. The van der Waals surface area contributed by atoms with E-state index in [-0.39, 0.29) is 12.3 Å². The molecule has 0 atom stereocenters. The Labute approximate surface area is 186 Å². The van der Waals surface area contributed by atoms with Crippen molar-refractivity contribution in [2.24, 2.45) is 0 Å². The number of hydrogen-bond acceptors (Lipinski definition) is 5. The van der Waals surface area contributed by atoms with E-state index in [0.29, 0.717) is 0 Å². The maximum atomic E-state index is 12.7. The first-order valence-electron chi connectivity index (χ1n) is 10.3. The van der Waals surface area contributed by atoms with E-state index in [9.17, 15) is 4.79 Å². The van der Waals surface area contributed by atoms with Gasteiger partial charge >= 0.3 is 0 Å². The molecular formula is C24H27N3OS2. The fraction of sp³-hybridized carbons (Fsp3) is 0.333. The summed E-state index contributed by atoms with van der Waals surface area (Å²) in [5.41, 5.74) is 6.37. The Bertz CT molecular complexity index is 1010. The molecule has 30 heavy (non-hydrogen) atoms. The van der Waals surface area contributed by atoms with Crippen LogP contribution in [0.15, 0.2) is 47.8 Å². The Balaban J connectivity index is 1.39. The van der Waals surface area contributed by atoms with Gasteiger partial charge in [-0.2, -0.15) is 11.8 Å². The fourth-order valence-corrected chi connectivity index (χ4v) is 5.30. The van der Waals surface area contributed by atoms with Crippen molar-refractivity contribution in [1.82, 2.24) is 9.88 Å². The van der Waals surface area contributed by atoms with Gasteiger partial charge < -0.3 is 5.32 Å². The van der Waals surface area contributed by atoms with Gasteiger partial charge in [0.25, 0.3) is 0 Å². The molecule has 0 unspecified atom stereocenters. The summed E-state index contributed by atoms with van der Waals surface area (Å²) in [6.45, 7) is 7.32. The zero-order valence-electron chi connectivity index (χ0n) is 17.5. The zero-order valence-corrected chi connectivity index (χ0v) is 19.1. The third-order valence-corrected chi connectivity index (χ3v) is 7.16. The number of aromatic nitrogens is 1. The Morgan fingerprint density at radius 2 is 1.87 bits per heavy atom. The van der Waals surface area contributed by atoms with Gasteiger partial charge in [0, 0.05) is 47.8 Å². The van der Waals surface area contributed by atoms with Gasteiger partial charge in [-0.3, -0.25) is 9.69 Å². The second-order valence-corrected chi connectivity index (χ2v) is 9.86. The Hall–Kier alpha value is -2.15. The summed E-state index contributed by atoms with van der Waals surface area (Å²) in [6, 6.07) is 14.7. The normalized spacial score (nSPS) is 14.6. The Kier molecular flexibility index (Phi) is 6.87. The number of hydrogen-bond donors (Lipinski definition) is 1. The van der Waals surface area contributed by atoms with Gasteiger partial charge in [0.15, 0.2) is 0 Å². The number of nitrogens with one attached hydrogen (secondary N) is 1. The summed E-state index contributed by atoms with van der Waals surface area (Å²) in [7, 11) is 0. The molecule has 4 nitrogen and oxygen atoms in total. The van der Waals surface area contributed by atoms with Crippen LogP contribution in [0.4, 0.5) is 5.69 Å². The van der Waals surface area contributed by atoms with Crippen LogP contribution >= 0.6 is 23.1 Å². The van der Waals surface area contributed by atoms with E-state index in [1.165, 1.54) is 22.6 Å². The number of rotatable bonds is 6. The van der Waals surface area contributed by atoms with Gasteiger partial charge in [-0.15, -0.1) is 11.3 Å². The highest BCUT2D eigenvalue weighted by Gasteiger charge is 2.13. The zero-order chi connectivity index (χ0) is 20.9. The van der Waals surface area contributed by atoms with E-state index >= 15 is 0 Å². The molecule has 0 saturated carbocycles. The summed E-state index contributed by atoms with van der Waals surface area (Å²) in [5.74, 6) is 2.38. The summed E-state index contributed by atoms with van der Waals surface area (Å²) in [4.78, 5) is 19.8. The molecule has 0 bridgehead atoms. The summed E-state index contributed by atoms with van der Waals surface area (Å²) in [6.07, 6.45) is 0.287. The maximum Gasteiger partial charge on any atom is 0.230 e. The SMILES string of the molecule is Cc1ccc(-c2nc(CC(=O)Nc3cc(CN4CCSCC4)ccc3C)cs2)cc1. The molecule has 1 aromatic heterocycles. The minimum absolute atomic E-state index is 0.0228. The lowest BCUT2D eigenvalue weighted by molar-refractivity contribution is -0.115. The largest absolute Gasteiger partial charge is 0.325 e. The molecule has 1 aliphatic rings. The van der Waals surface area contributed by atoms with Crippen LogP contribution in [-0.4, -0.2) is 40.4 Å². The molecule has 1 saturated heterocycles. The lowest BCUT2D eigenvalue weighted by atomic mass is 10.1. The van der Waals surface area contributed by atoms with E-state index in [4.69, 9.17) is 0 Å². The van der Waals surface area contributed by atoms with Crippen LogP contribution < -0.4 is 5.32 Å². The third-order valence-electron chi connectivity index (χ3n) is 5.28. The Morgan fingerprint density at radius 3 is 2.63 bits per heavy atom. The monoisotopic (exact) mass is 437 g/mol. The van der Waals surface area contributed by atoms with Crippen LogP contribution in [-0.2, 0) is 17.8 Å². The number of nitrogens with zero attached hydrogens (tertiary/aromatic N) is 2. The molecule has 4 rings (SSSR count). The lowest BCUT2D eigenvalue weighted by Crippen LogP contribution is -2.32. The number of carbonyl (C=O) groups is 1. The fourth-order valence-electron chi connectivity index (χ4n) is 3.50. The molecule has 1 aliphatic heterocycles. The van der Waals surface area contributed by atoms with Crippen molar-refractivity contribution in [3.05, 3.63) is 70.2 Å². The van der Waals surface area contributed by atoms with Gasteiger partial charge in [0.1, 0.15) is 5.01 Å². The highest BCUT2D eigenvalue weighted by molar-refractivity contribution is 7.99. The molecule has 156 valence electrons. The van der Waals surface area contributed by atoms with E-state index < -0.39 is 0 Å². The molecule has 6 heteroatoms. The molecule has 0 spiro atoms. The molecule has 2 aromatic carbocycles. The average Bonchev–Trinajstić information content (AvgIpc) is 3.20. The first-order chi connectivity index (χ1) is 14.6. The van der Waals surface area contributed by atoms with Crippen molar-refractivity contribution >= 4 is 34.7 Å². The highest BCUT2D eigenvalue weighted by atomic mass is 32.2. The first-order valence-corrected chi connectivity index (χ1v) is 12.3. The van der Waals surface area contributed by atoms with Crippen LogP contribution in [0.3, 0.4) is 0 Å². The topological polar surface area (TPSA) is 45.2 Å². The first kappa shape index (κ1) is 21.1. The number of aryl methyl sites for hydroxylation is 2. The van der Waals surface area contributed by atoms with Crippen LogP contribution in [0.25, 0.3) is 10.6 Å². The Morgan fingerprint density at radius 1 is 1.10 bits per heavy atom. The number of benzene rings is 2. The maximum absolute atomic E-state index is 12.7. The number of carbonyl (C=O) groups excluding carboxylic acids is 1. The third kappa shape index (κ3) is 5.50. The van der Waals surface area contributed by atoms with Gasteiger partial charge in [0.05, 0.1) is 12.1 Å². The standard InChI is InChI=1S/C24H27N3OS2/c1-17-3-7-20(8-4-17)24-25-21(16-30-24)14-23(28)26-22-13-19(6-5-18(22)2)15-27-9-11-29-12-10-27/h3-8,13,16H,9-12,14-15H2,1-2H3,(H,26,28). The summed E-state index contributed by atoms with van der Waals surface area (Å²) >= 11 is 3.60. The highest BCUT2D eigenvalue weighted by Crippen LogP contribution is 2.25. The van der Waals surface area contributed by atoms with Gasteiger partial charge in [-0.25, -0.2) is 4.98 Å². The minimum atomic E-state index is -0.0228. The number of anilines is 1. The van der Waals surface area contributed by atoms with Crippen molar-refractivity contribution in [2.75, 3.05) is 29.9 Å². The van der Waals surface area contributed by atoms with Crippen LogP contribution in [0.1, 0.15) is 22.4 Å². The van der Waals surface area contributed by atoms with Crippen LogP contribution in [0, 0.1) is 13.8 Å².